The monoisotopic (exact) mass is 257 g/mol. The van der Waals surface area contributed by atoms with Crippen LogP contribution in [0.4, 0.5) is 0 Å². The Kier molecular flexibility index (Phi) is 2.05. The van der Waals surface area contributed by atoms with Gasteiger partial charge >= 0.3 is 5.97 Å². The lowest BCUT2D eigenvalue weighted by Crippen LogP contribution is -1.98. The van der Waals surface area contributed by atoms with Gasteiger partial charge in [0.05, 0.1) is 5.56 Å². The van der Waals surface area contributed by atoms with E-state index in [9.17, 15) is 4.79 Å². The molecule has 13 heavy (non-hydrogen) atoms. The summed E-state index contributed by atoms with van der Waals surface area (Å²) >= 11 is 4.61. The van der Waals surface area contributed by atoms with Crippen molar-refractivity contribution in [3.63, 3.8) is 0 Å². The van der Waals surface area contributed by atoms with Crippen LogP contribution in [0.25, 0.3) is 10.2 Å². The van der Waals surface area contributed by atoms with E-state index in [0.717, 1.165) is 10.2 Å². The minimum atomic E-state index is -0.965. The summed E-state index contributed by atoms with van der Waals surface area (Å²) in [7, 11) is 0. The number of carboxylic acid groups (broad SMARTS) is 1. The summed E-state index contributed by atoms with van der Waals surface area (Å²) < 4.78 is 0.384. The van der Waals surface area contributed by atoms with Crippen LogP contribution in [0.15, 0.2) is 22.1 Å². The minimum Gasteiger partial charge on any atom is -0.478 e. The van der Waals surface area contributed by atoms with E-state index in [2.05, 4.69) is 20.9 Å². The summed E-state index contributed by atoms with van der Waals surface area (Å²) in [5.41, 5.74) is 0.200. The second-order valence-electron chi connectivity index (χ2n) is 2.45. The Bertz CT molecular complexity index is 480. The number of hydrogen-bond donors (Lipinski definition) is 1. The van der Waals surface area contributed by atoms with Crippen LogP contribution < -0.4 is 0 Å². The van der Waals surface area contributed by atoms with Crippen LogP contribution in [0, 0.1) is 0 Å². The quantitative estimate of drug-likeness (QED) is 0.800. The molecule has 0 atom stereocenters. The van der Waals surface area contributed by atoms with Crippen molar-refractivity contribution in [3.8, 4) is 0 Å². The fraction of sp³-hybridized carbons (Fsp3) is 0. The molecule has 0 spiro atoms. The molecule has 0 fully saturated rings. The van der Waals surface area contributed by atoms with Gasteiger partial charge in [0, 0.05) is 5.39 Å². The maximum absolute atomic E-state index is 10.7. The molecule has 0 saturated heterocycles. The first-order valence-corrected chi connectivity index (χ1v) is 5.13. The maximum atomic E-state index is 10.7. The van der Waals surface area contributed by atoms with Crippen molar-refractivity contribution in [1.82, 2.24) is 4.98 Å². The lowest BCUT2D eigenvalue weighted by Gasteiger charge is -1.97. The smallest absolute Gasteiger partial charge is 0.338 e. The fourth-order valence-corrected chi connectivity index (χ4v) is 2.36. The molecule has 0 saturated carbocycles. The van der Waals surface area contributed by atoms with Crippen molar-refractivity contribution in [2.24, 2.45) is 0 Å². The average molecular weight is 258 g/mol. The summed E-state index contributed by atoms with van der Waals surface area (Å²) in [4.78, 5) is 15.7. The zero-order chi connectivity index (χ0) is 9.42. The van der Waals surface area contributed by atoms with Crippen molar-refractivity contribution in [3.05, 3.63) is 27.7 Å². The highest BCUT2D eigenvalue weighted by Crippen LogP contribution is 2.24. The summed E-state index contributed by atoms with van der Waals surface area (Å²) in [5.74, 6) is -0.965. The van der Waals surface area contributed by atoms with E-state index < -0.39 is 5.97 Å². The molecule has 0 bridgehead atoms. The first-order valence-electron chi connectivity index (χ1n) is 3.45. The van der Waals surface area contributed by atoms with Gasteiger partial charge in [0.25, 0.3) is 0 Å². The fourth-order valence-electron chi connectivity index (χ4n) is 1.03. The predicted octanol–water partition coefficient (Wildman–Crippen LogP) is 2.76. The van der Waals surface area contributed by atoms with Crippen molar-refractivity contribution < 1.29 is 9.90 Å². The van der Waals surface area contributed by atoms with Crippen LogP contribution >= 0.6 is 27.3 Å². The molecular formula is C8H4BrNO2S. The zero-order valence-electron chi connectivity index (χ0n) is 6.32. The first kappa shape index (κ1) is 8.65. The SMILES string of the molecule is O=C(O)c1cc2ccsc2nc1Br. The molecule has 0 aliphatic carbocycles. The normalized spacial score (nSPS) is 10.5. The van der Waals surface area contributed by atoms with Crippen molar-refractivity contribution in [2.45, 2.75) is 0 Å². The summed E-state index contributed by atoms with van der Waals surface area (Å²) in [6.07, 6.45) is 0. The number of halogens is 1. The summed E-state index contributed by atoms with van der Waals surface area (Å²) in [6, 6.07) is 3.47. The van der Waals surface area contributed by atoms with Crippen LogP contribution in [0.5, 0.6) is 0 Å². The Morgan fingerprint density at radius 3 is 3.08 bits per heavy atom. The third kappa shape index (κ3) is 1.45. The lowest BCUT2D eigenvalue weighted by molar-refractivity contribution is 0.0695. The predicted molar refractivity (Wildman–Crippen MR) is 54.3 cm³/mol. The highest BCUT2D eigenvalue weighted by atomic mass is 79.9. The Morgan fingerprint density at radius 1 is 1.62 bits per heavy atom. The van der Waals surface area contributed by atoms with Gasteiger partial charge in [0.2, 0.25) is 0 Å². The van der Waals surface area contributed by atoms with Gasteiger partial charge in [-0.3, -0.25) is 0 Å². The third-order valence-corrected chi connectivity index (χ3v) is 3.05. The van der Waals surface area contributed by atoms with Crippen LogP contribution in [0.3, 0.4) is 0 Å². The molecule has 1 N–H and O–H groups in total. The number of carbonyl (C=O) groups is 1. The lowest BCUT2D eigenvalue weighted by atomic mass is 10.2. The van der Waals surface area contributed by atoms with Gasteiger partial charge < -0.3 is 5.11 Å². The van der Waals surface area contributed by atoms with Gasteiger partial charge in [-0.2, -0.15) is 0 Å². The van der Waals surface area contributed by atoms with E-state index in [1.165, 1.54) is 11.3 Å². The minimum absolute atomic E-state index is 0.200. The largest absolute Gasteiger partial charge is 0.478 e. The number of fused-ring (bicyclic) bond motifs is 1. The van der Waals surface area contributed by atoms with Gasteiger partial charge in [0.1, 0.15) is 9.43 Å². The van der Waals surface area contributed by atoms with E-state index in [1.54, 1.807) is 6.07 Å². The second kappa shape index (κ2) is 3.08. The molecule has 0 unspecified atom stereocenters. The molecule has 0 aliphatic rings. The molecule has 2 aromatic heterocycles. The Labute approximate surface area is 86.2 Å². The van der Waals surface area contributed by atoms with E-state index in [1.807, 2.05) is 11.4 Å². The highest BCUT2D eigenvalue weighted by molar-refractivity contribution is 9.10. The number of hydrogen-bond acceptors (Lipinski definition) is 3. The second-order valence-corrected chi connectivity index (χ2v) is 4.09. The van der Waals surface area contributed by atoms with Gasteiger partial charge in [-0.1, -0.05) is 0 Å². The number of thiophene rings is 1. The molecule has 0 radical (unpaired) electrons. The van der Waals surface area contributed by atoms with Crippen LogP contribution in [0.1, 0.15) is 10.4 Å². The van der Waals surface area contributed by atoms with Crippen molar-refractivity contribution in [1.29, 1.82) is 0 Å². The first-order chi connectivity index (χ1) is 6.18. The molecule has 0 aromatic carbocycles. The van der Waals surface area contributed by atoms with Crippen LogP contribution in [0.2, 0.25) is 0 Å². The van der Waals surface area contributed by atoms with E-state index in [0.29, 0.717) is 4.60 Å². The third-order valence-electron chi connectivity index (χ3n) is 1.63. The number of rotatable bonds is 1. The molecule has 5 heteroatoms. The highest BCUT2D eigenvalue weighted by Gasteiger charge is 2.11. The van der Waals surface area contributed by atoms with Crippen molar-refractivity contribution >= 4 is 43.5 Å². The van der Waals surface area contributed by atoms with E-state index in [-0.39, 0.29) is 5.56 Å². The van der Waals surface area contributed by atoms with E-state index >= 15 is 0 Å². The molecule has 0 amide bonds. The number of aromatic carboxylic acids is 1. The van der Waals surface area contributed by atoms with E-state index in [4.69, 9.17) is 5.11 Å². The van der Waals surface area contributed by atoms with Gasteiger partial charge in [-0.15, -0.1) is 11.3 Å². The Balaban J connectivity index is 2.76. The molecular weight excluding hydrogens is 254 g/mol. The Hall–Kier alpha value is -0.940. The Morgan fingerprint density at radius 2 is 2.38 bits per heavy atom. The number of aromatic nitrogens is 1. The van der Waals surface area contributed by atoms with Gasteiger partial charge in [-0.05, 0) is 33.4 Å². The maximum Gasteiger partial charge on any atom is 0.338 e. The van der Waals surface area contributed by atoms with Crippen molar-refractivity contribution in [2.75, 3.05) is 0 Å². The molecule has 2 rings (SSSR count). The average Bonchev–Trinajstić information content (AvgIpc) is 2.48. The van der Waals surface area contributed by atoms with Crippen LogP contribution in [-0.2, 0) is 0 Å². The molecule has 3 nitrogen and oxygen atoms in total. The molecule has 66 valence electrons. The zero-order valence-corrected chi connectivity index (χ0v) is 8.72. The topological polar surface area (TPSA) is 50.2 Å². The summed E-state index contributed by atoms with van der Waals surface area (Å²) in [5, 5.41) is 11.5. The standard InChI is InChI=1S/C8H4BrNO2S/c9-6-5(8(11)12)3-4-1-2-13-7(4)10-6/h1-3H,(H,11,12). The molecule has 2 aromatic rings. The number of carboxylic acids is 1. The molecule has 2 heterocycles. The summed E-state index contributed by atoms with van der Waals surface area (Å²) in [6.45, 7) is 0. The number of pyridine rings is 1. The van der Waals surface area contributed by atoms with Gasteiger partial charge in [0.15, 0.2) is 0 Å². The molecule has 0 aliphatic heterocycles. The van der Waals surface area contributed by atoms with Crippen LogP contribution in [-0.4, -0.2) is 16.1 Å². The van der Waals surface area contributed by atoms with Gasteiger partial charge in [-0.25, -0.2) is 9.78 Å². The number of nitrogens with zero attached hydrogens (tertiary/aromatic N) is 1.